The van der Waals surface area contributed by atoms with E-state index in [9.17, 15) is 5.11 Å². The van der Waals surface area contributed by atoms with Crippen LogP contribution in [-0.4, -0.2) is 16.7 Å². The van der Waals surface area contributed by atoms with Crippen molar-refractivity contribution in [1.82, 2.24) is 4.98 Å². The second-order valence-corrected chi connectivity index (χ2v) is 5.32. The normalized spacial score (nSPS) is 12.3. The smallest absolute Gasteiger partial charge is 0.0772 e. The molecule has 0 aliphatic carbocycles. The first-order valence-corrected chi connectivity index (χ1v) is 6.25. The molecule has 4 heteroatoms. The third-order valence-electron chi connectivity index (χ3n) is 2.08. The summed E-state index contributed by atoms with van der Waals surface area (Å²) in [6.07, 6.45) is 3.66. The second-order valence-electron chi connectivity index (χ2n) is 3.55. The van der Waals surface area contributed by atoms with Crippen molar-refractivity contribution in [2.45, 2.75) is 13.8 Å². The standard InChI is InChI=1S/C11H13Br2NO/c1-7(2)8(6-15)3-11-10(13)4-9(12)5-14-11/h3-5,7,15H,6H2,1-2H3. The van der Waals surface area contributed by atoms with Gasteiger partial charge < -0.3 is 5.11 Å². The summed E-state index contributed by atoms with van der Waals surface area (Å²) in [4.78, 5) is 4.27. The Bertz CT molecular complexity index is 375. The van der Waals surface area contributed by atoms with Crippen LogP contribution in [0.3, 0.4) is 0 Å². The van der Waals surface area contributed by atoms with Crippen molar-refractivity contribution in [3.05, 3.63) is 32.5 Å². The summed E-state index contributed by atoms with van der Waals surface area (Å²) in [7, 11) is 0. The minimum atomic E-state index is 0.0713. The fourth-order valence-electron chi connectivity index (χ4n) is 1.10. The number of aromatic nitrogens is 1. The fourth-order valence-corrected chi connectivity index (χ4v) is 2.20. The molecule has 0 atom stereocenters. The molecule has 2 nitrogen and oxygen atoms in total. The number of hydrogen-bond donors (Lipinski definition) is 1. The van der Waals surface area contributed by atoms with Gasteiger partial charge in [0.05, 0.1) is 12.3 Å². The molecular weight excluding hydrogens is 322 g/mol. The molecule has 82 valence electrons. The summed E-state index contributed by atoms with van der Waals surface area (Å²) >= 11 is 6.78. The summed E-state index contributed by atoms with van der Waals surface area (Å²) < 4.78 is 1.85. The van der Waals surface area contributed by atoms with Gasteiger partial charge >= 0.3 is 0 Å². The van der Waals surface area contributed by atoms with Gasteiger partial charge in [0.1, 0.15) is 0 Å². The lowest BCUT2D eigenvalue weighted by molar-refractivity contribution is 0.320. The highest BCUT2D eigenvalue weighted by molar-refractivity contribution is 9.11. The lowest BCUT2D eigenvalue weighted by Crippen LogP contribution is -1.99. The van der Waals surface area contributed by atoms with Crippen molar-refractivity contribution >= 4 is 37.9 Å². The molecule has 0 aromatic carbocycles. The van der Waals surface area contributed by atoms with Crippen LogP contribution in [0.2, 0.25) is 0 Å². The number of hydrogen-bond acceptors (Lipinski definition) is 2. The largest absolute Gasteiger partial charge is 0.392 e. The third-order valence-corrected chi connectivity index (χ3v) is 3.15. The molecule has 1 aromatic heterocycles. The number of aliphatic hydroxyl groups excluding tert-OH is 1. The molecule has 0 aliphatic heterocycles. The SMILES string of the molecule is CC(C)C(=Cc1ncc(Br)cc1Br)CO. The van der Waals surface area contributed by atoms with Crippen molar-refractivity contribution in [3.8, 4) is 0 Å². The fraction of sp³-hybridized carbons (Fsp3) is 0.364. The first-order valence-electron chi connectivity index (χ1n) is 4.67. The minimum Gasteiger partial charge on any atom is -0.392 e. The van der Waals surface area contributed by atoms with Crippen LogP contribution in [0.1, 0.15) is 19.5 Å². The first kappa shape index (κ1) is 12.9. The number of halogens is 2. The second kappa shape index (κ2) is 5.77. The summed E-state index contributed by atoms with van der Waals surface area (Å²) in [6.45, 7) is 4.17. The molecule has 0 saturated carbocycles. The molecule has 0 radical (unpaired) electrons. The van der Waals surface area contributed by atoms with Gasteiger partial charge in [-0.25, -0.2) is 0 Å². The van der Waals surface area contributed by atoms with Crippen LogP contribution in [0.5, 0.6) is 0 Å². The van der Waals surface area contributed by atoms with Gasteiger partial charge in [0.2, 0.25) is 0 Å². The third kappa shape index (κ3) is 3.70. The predicted molar refractivity (Wildman–Crippen MR) is 69.5 cm³/mol. The van der Waals surface area contributed by atoms with E-state index in [0.717, 1.165) is 20.2 Å². The summed E-state index contributed by atoms with van der Waals surface area (Å²) in [5, 5.41) is 9.18. The molecule has 1 rings (SSSR count). The van der Waals surface area contributed by atoms with Gasteiger partial charge in [-0.15, -0.1) is 0 Å². The highest BCUT2D eigenvalue weighted by Crippen LogP contribution is 2.23. The van der Waals surface area contributed by atoms with Crippen LogP contribution >= 0.6 is 31.9 Å². The molecule has 1 heterocycles. The molecule has 0 unspecified atom stereocenters. The average Bonchev–Trinajstić information content (AvgIpc) is 2.16. The Balaban J connectivity index is 3.06. The minimum absolute atomic E-state index is 0.0713. The quantitative estimate of drug-likeness (QED) is 0.915. The Labute approximate surface area is 107 Å². The van der Waals surface area contributed by atoms with Crippen LogP contribution < -0.4 is 0 Å². The van der Waals surface area contributed by atoms with E-state index in [0.29, 0.717) is 5.92 Å². The van der Waals surface area contributed by atoms with E-state index in [4.69, 9.17) is 0 Å². The van der Waals surface area contributed by atoms with Gasteiger partial charge in [-0.05, 0) is 55.5 Å². The Morgan fingerprint density at radius 2 is 2.20 bits per heavy atom. The number of nitrogens with zero attached hydrogens (tertiary/aromatic N) is 1. The van der Waals surface area contributed by atoms with Crippen molar-refractivity contribution < 1.29 is 5.11 Å². The number of pyridine rings is 1. The van der Waals surface area contributed by atoms with Crippen molar-refractivity contribution in [2.75, 3.05) is 6.61 Å². The summed E-state index contributed by atoms with van der Waals surface area (Å²) in [5.74, 6) is 0.326. The van der Waals surface area contributed by atoms with Gasteiger partial charge in [0, 0.05) is 15.1 Å². The van der Waals surface area contributed by atoms with Gasteiger partial charge in [-0.3, -0.25) is 4.98 Å². The lowest BCUT2D eigenvalue weighted by Gasteiger charge is -2.08. The molecule has 1 aromatic rings. The zero-order valence-corrected chi connectivity index (χ0v) is 11.8. The van der Waals surface area contributed by atoms with Gasteiger partial charge in [-0.2, -0.15) is 0 Å². The van der Waals surface area contributed by atoms with E-state index in [1.165, 1.54) is 0 Å². The Kier molecular flexibility index (Phi) is 4.96. The van der Waals surface area contributed by atoms with Gasteiger partial charge in [-0.1, -0.05) is 13.8 Å². The van der Waals surface area contributed by atoms with Crippen molar-refractivity contribution in [3.63, 3.8) is 0 Å². The maximum atomic E-state index is 9.18. The van der Waals surface area contributed by atoms with E-state index < -0.39 is 0 Å². The molecule has 0 spiro atoms. The van der Waals surface area contributed by atoms with Crippen molar-refractivity contribution in [1.29, 1.82) is 0 Å². The molecule has 0 fully saturated rings. The van der Waals surface area contributed by atoms with Gasteiger partial charge in [0.15, 0.2) is 0 Å². The Morgan fingerprint density at radius 1 is 1.53 bits per heavy atom. The molecular formula is C11H13Br2NO. The van der Waals surface area contributed by atoms with E-state index in [1.807, 2.05) is 12.1 Å². The highest BCUT2D eigenvalue weighted by Gasteiger charge is 2.05. The number of rotatable bonds is 3. The van der Waals surface area contributed by atoms with Crippen LogP contribution in [0.25, 0.3) is 6.08 Å². The summed E-state index contributed by atoms with van der Waals surface area (Å²) in [6, 6.07) is 1.94. The number of aliphatic hydroxyl groups is 1. The zero-order chi connectivity index (χ0) is 11.4. The first-order chi connectivity index (χ1) is 7.04. The molecule has 0 saturated heterocycles. The molecule has 1 N–H and O–H groups in total. The van der Waals surface area contributed by atoms with E-state index >= 15 is 0 Å². The monoisotopic (exact) mass is 333 g/mol. The molecule has 0 amide bonds. The van der Waals surface area contributed by atoms with Crippen LogP contribution in [0, 0.1) is 5.92 Å². The van der Waals surface area contributed by atoms with E-state index in [2.05, 4.69) is 50.7 Å². The van der Waals surface area contributed by atoms with E-state index in [-0.39, 0.29) is 6.61 Å². The summed E-state index contributed by atoms with van der Waals surface area (Å²) in [5.41, 5.74) is 1.82. The Morgan fingerprint density at radius 3 is 2.67 bits per heavy atom. The van der Waals surface area contributed by atoms with Gasteiger partial charge in [0.25, 0.3) is 0 Å². The lowest BCUT2D eigenvalue weighted by atomic mass is 10.0. The molecule has 0 aliphatic rings. The maximum absolute atomic E-state index is 9.18. The molecule has 15 heavy (non-hydrogen) atoms. The topological polar surface area (TPSA) is 33.1 Å². The van der Waals surface area contributed by atoms with Crippen LogP contribution in [0.4, 0.5) is 0 Å². The van der Waals surface area contributed by atoms with Crippen LogP contribution in [0.15, 0.2) is 26.8 Å². The zero-order valence-electron chi connectivity index (χ0n) is 8.67. The van der Waals surface area contributed by atoms with E-state index in [1.54, 1.807) is 6.20 Å². The van der Waals surface area contributed by atoms with Crippen molar-refractivity contribution in [2.24, 2.45) is 5.92 Å². The van der Waals surface area contributed by atoms with Crippen LogP contribution in [-0.2, 0) is 0 Å². The molecule has 0 bridgehead atoms. The highest BCUT2D eigenvalue weighted by atomic mass is 79.9. The predicted octanol–water partition coefficient (Wildman–Crippen LogP) is 3.64. The average molecular weight is 335 g/mol. The maximum Gasteiger partial charge on any atom is 0.0772 e. The Hall–Kier alpha value is -0.190.